The van der Waals surface area contributed by atoms with E-state index in [0.29, 0.717) is 22.2 Å². The molecule has 7 rings (SSSR count). The SMILES string of the molecule is CC(C)(C)c1ccc(Cl)c2c(=O)nc3n(c12)-c1cc(C2CCN(C(=O)C4CCNCC4)CC2)ccc1C31CCCCC1. The van der Waals surface area contributed by atoms with Crippen molar-refractivity contribution in [2.75, 3.05) is 26.2 Å². The molecule has 3 aromatic rings. The van der Waals surface area contributed by atoms with E-state index in [9.17, 15) is 9.59 Å². The van der Waals surface area contributed by atoms with Gasteiger partial charge in [-0.2, -0.15) is 4.98 Å². The summed E-state index contributed by atoms with van der Waals surface area (Å²) in [5, 5.41) is 4.38. The van der Waals surface area contributed by atoms with E-state index in [2.05, 4.69) is 59.8 Å². The summed E-state index contributed by atoms with van der Waals surface area (Å²) in [5.74, 6) is 1.84. The maximum Gasteiger partial charge on any atom is 0.282 e. The quantitative estimate of drug-likeness (QED) is 0.367. The number of nitrogens with one attached hydrogen (secondary N) is 1. The van der Waals surface area contributed by atoms with Gasteiger partial charge in [0.1, 0.15) is 5.82 Å². The molecule has 6 nitrogen and oxygen atoms in total. The van der Waals surface area contributed by atoms with Crippen molar-refractivity contribution < 1.29 is 4.79 Å². The minimum absolute atomic E-state index is 0.175. The molecule has 3 aliphatic heterocycles. The summed E-state index contributed by atoms with van der Waals surface area (Å²) in [6.45, 7) is 10.2. The first-order valence-corrected chi connectivity index (χ1v) is 16.5. The number of nitrogens with zero attached hydrogens (tertiary/aromatic N) is 3. The van der Waals surface area contributed by atoms with Crippen molar-refractivity contribution in [3.63, 3.8) is 0 Å². The highest BCUT2D eigenvalue weighted by atomic mass is 35.5. The van der Waals surface area contributed by atoms with Crippen molar-refractivity contribution in [1.29, 1.82) is 0 Å². The number of carbonyl (C=O) groups excluding carboxylic acids is 1. The summed E-state index contributed by atoms with van der Waals surface area (Å²) in [6.07, 6.45) is 9.40. The Morgan fingerprint density at radius 1 is 1.00 bits per heavy atom. The second-order valence-electron chi connectivity index (χ2n) is 14.2. The van der Waals surface area contributed by atoms with Crippen LogP contribution in [0.5, 0.6) is 0 Å². The Morgan fingerprint density at radius 3 is 2.40 bits per heavy atom. The summed E-state index contributed by atoms with van der Waals surface area (Å²) in [5.41, 5.74) is 5.23. The maximum absolute atomic E-state index is 13.7. The number of piperidine rings is 2. The van der Waals surface area contributed by atoms with Gasteiger partial charge in [0.2, 0.25) is 5.91 Å². The molecule has 1 aromatic heterocycles. The van der Waals surface area contributed by atoms with Gasteiger partial charge in [0.15, 0.2) is 0 Å². The molecule has 7 heteroatoms. The van der Waals surface area contributed by atoms with Crippen molar-refractivity contribution in [3.05, 3.63) is 68.2 Å². The maximum atomic E-state index is 13.7. The Morgan fingerprint density at radius 2 is 1.71 bits per heavy atom. The smallest absolute Gasteiger partial charge is 0.282 e. The highest BCUT2D eigenvalue weighted by Crippen LogP contribution is 2.53. The number of benzene rings is 2. The lowest BCUT2D eigenvalue weighted by atomic mass is 9.69. The molecule has 1 saturated carbocycles. The molecule has 1 amide bonds. The van der Waals surface area contributed by atoms with E-state index in [-0.39, 0.29) is 22.3 Å². The number of amides is 1. The predicted molar refractivity (Wildman–Crippen MR) is 169 cm³/mol. The lowest BCUT2D eigenvalue weighted by Gasteiger charge is -2.36. The largest absolute Gasteiger partial charge is 0.342 e. The van der Waals surface area contributed by atoms with Gasteiger partial charge in [-0.1, -0.05) is 69.8 Å². The Bertz CT molecular complexity index is 1600. The van der Waals surface area contributed by atoms with Crippen LogP contribution in [-0.2, 0) is 15.6 Å². The van der Waals surface area contributed by atoms with Gasteiger partial charge in [0.05, 0.1) is 27.0 Å². The summed E-state index contributed by atoms with van der Waals surface area (Å²) >= 11 is 6.75. The second kappa shape index (κ2) is 10.5. The van der Waals surface area contributed by atoms with Crippen LogP contribution in [0.25, 0.3) is 16.6 Å². The van der Waals surface area contributed by atoms with Gasteiger partial charge in [0.25, 0.3) is 5.56 Å². The lowest BCUT2D eigenvalue weighted by Crippen LogP contribution is -2.44. The third-order valence-electron chi connectivity index (χ3n) is 10.7. The highest BCUT2D eigenvalue weighted by Gasteiger charge is 2.47. The molecular formula is C35H43ClN4O2. The van der Waals surface area contributed by atoms with Gasteiger partial charge < -0.3 is 10.2 Å². The monoisotopic (exact) mass is 586 g/mol. The van der Waals surface area contributed by atoms with Crippen LogP contribution >= 0.6 is 11.6 Å². The molecule has 42 heavy (non-hydrogen) atoms. The molecule has 3 fully saturated rings. The van der Waals surface area contributed by atoms with E-state index in [4.69, 9.17) is 16.6 Å². The average molecular weight is 587 g/mol. The molecular weight excluding hydrogens is 544 g/mol. The number of rotatable bonds is 2. The van der Waals surface area contributed by atoms with Crippen molar-refractivity contribution in [2.45, 2.75) is 95.3 Å². The third-order valence-corrected chi connectivity index (χ3v) is 11.0. The first-order valence-electron chi connectivity index (χ1n) is 16.1. The second-order valence-corrected chi connectivity index (χ2v) is 14.6. The minimum atomic E-state index is -0.235. The normalized spacial score (nSPS) is 21.1. The Kier molecular flexibility index (Phi) is 7.01. The number of aromatic nitrogens is 2. The average Bonchev–Trinajstić information content (AvgIpc) is 3.25. The predicted octanol–water partition coefficient (Wildman–Crippen LogP) is 6.61. The molecule has 222 valence electrons. The van der Waals surface area contributed by atoms with Crippen molar-refractivity contribution in [2.24, 2.45) is 5.92 Å². The van der Waals surface area contributed by atoms with Crippen molar-refractivity contribution in [3.8, 4) is 5.69 Å². The van der Waals surface area contributed by atoms with Crippen LogP contribution in [0, 0.1) is 5.92 Å². The van der Waals surface area contributed by atoms with E-state index in [1.807, 2.05) is 6.07 Å². The van der Waals surface area contributed by atoms with E-state index >= 15 is 0 Å². The molecule has 2 aromatic carbocycles. The zero-order valence-corrected chi connectivity index (χ0v) is 26.0. The van der Waals surface area contributed by atoms with Crippen molar-refractivity contribution >= 4 is 28.4 Å². The Balaban J connectivity index is 1.32. The van der Waals surface area contributed by atoms with Gasteiger partial charge in [0, 0.05) is 19.0 Å². The molecule has 4 heterocycles. The van der Waals surface area contributed by atoms with Crippen LogP contribution in [0.15, 0.2) is 35.1 Å². The van der Waals surface area contributed by atoms with Gasteiger partial charge in [-0.3, -0.25) is 14.2 Å². The fourth-order valence-electron chi connectivity index (χ4n) is 8.39. The Hall–Kier alpha value is -2.70. The summed E-state index contributed by atoms with van der Waals surface area (Å²) < 4.78 is 2.32. The number of hydrogen-bond donors (Lipinski definition) is 1. The van der Waals surface area contributed by atoms with Crippen LogP contribution in [-0.4, -0.2) is 46.5 Å². The molecule has 1 aliphatic carbocycles. The first-order chi connectivity index (χ1) is 20.2. The zero-order valence-electron chi connectivity index (χ0n) is 25.3. The number of likely N-dealkylation sites (tertiary alicyclic amines) is 1. The summed E-state index contributed by atoms with van der Waals surface area (Å²) in [7, 11) is 0. The number of halogens is 1. The Labute approximate surface area is 253 Å². The molecule has 0 radical (unpaired) electrons. The van der Waals surface area contributed by atoms with Crippen LogP contribution in [0.2, 0.25) is 5.02 Å². The standard InChI is InChI=1S/C35H43ClN4O2/c1-34(2,3)26-9-10-27(36)29-30(26)40-28-21-24(22-13-19-39(20-14-22)32(42)23-11-17-37-18-12-23)7-8-25(28)35(15-5-4-6-16-35)33(40)38-31(29)41/h7-10,21-23,37H,4-6,11-20H2,1-3H3. The van der Waals surface area contributed by atoms with Crippen LogP contribution in [0.3, 0.4) is 0 Å². The van der Waals surface area contributed by atoms with Crippen LogP contribution in [0.4, 0.5) is 0 Å². The van der Waals surface area contributed by atoms with E-state index < -0.39 is 0 Å². The van der Waals surface area contributed by atoms with Crippen LogP contribution < -0.4 is 10.9 Å². The van der Waals surface area contributed by atoms with Gasteiger partial charge in [-0.05, 0) is 91.8 Å². The molecule has 0 bridgehead atoms. The summed E-state index contributed by atoms with van der Waals surface area (Å²) in [6, 6.07) is 11.0. The fraction of sp³-hybridized carbons (Fsp3) is 0.571. The van der Waals surface area contributed by atoms with E-state index in [1.54, 1.807) is 0 Å². The number of carbonyl (C=O) groups is 1. The lowest BCUT2D eigenvalue weighted by molar-refractivity contribution is -0.137. The molecule has 1 spiro atoms. The van der Waals surface area contributed by atoms with Crippen LogP contribution in [0.1, 0.15) is 107 Å². The number of hydrogen-bond acceptors (Lipinski definition) is 4. The number of fused-ring (bicyclic) bond motifs is 7. The van der Waals surface area contributed by atoms with Gasteiger partial charge >= 0.3 is 0 Å². The molecule has 1 N–H and O–H groups in total. The fourth-order valence-corrected chi connectivity index (χ4v) is 8.63. The molecule has 4 aliphatic rings. The van der Waals surface area contributed by atoms with Gasteiger partial charge in [-0.15, -0.1) is 0 Å². The van der Waals surface area contributed by atoms with E-state index in [1.165, 1.54) is 23.2 Å². The van der Waals surface area contributed by atoms with Gasteiger partial charge in [-0.25, -0.2) is 0 Å². The molecule has 2 saturated heterocycles. The summed E-state index contributed by atoms with van der Waals surface area (Å²) in [4.78, 5) is 33.9. The first kappa shape index (κ1) is 28.1. The van der Waals surface area contributed by atoms with Crippen molar-refractivity contribution in [1.82, 2.24) is 19.8 Å². The minimum Gasteiger partial charge on any atom is -0.342 e. The topological polar surface area (TPSA) is 67.2 Å². The third kappa shape index (κ3) is 4.43. The highest BCUT2D eigenvalue weighted by molar-refractivity contribution is 6.35. The molecule has 0 unspecified atom stereocenters. The molecule has 0 atom stereocenters. The van der Waals surface area contributed by atoms with E-state index in [0.717, 1.165) is 94.5 Å². The zero-order chi connectivity index (χ0) is 29.2.